The van der Waals surface area contributed by atoms with Gasteiger partial charge in [0.2, 0.25) is 0 Å². The summed E-state index contributed by atoms with van der Waals surface area (Å²) in [5.41, 5.74) is 6.07. The highest BCUT2D eigenvalue weighted by Gasteiger charge is 2.37. The minimum atomic E-state index is -2.79. The minimum Gasteiger partial charge on any atom is -0.356 e. The third kappa shape index (κ3) is 2.82. The topological polar surface area (TPSA) is 12.0 Å². The van der Waals surface area contributed by atoms with Crippen LogP contribution in [-0.4, -0.2) is 0 Å². The average molecular weight is 458 g/mol. The predicted molar refractivity (Wildman–Crippen MR) is 149 cm³/mol. The molecule has 0 bridgehead atoms. The number of rotatable bonds is 2. The molecule has 1 heteroatoms. The summed E-state index contributed by atoms with van der Waals surface area (Å²) in [6.45, 7) is -1.09. The zero-order valence-corrected chi connectivity index (χ0v) is 19.7. The van der Waals surface area contributed by atoms with Gasteiger partial charge in [0.15, 0.2) is 0 Å². The Morgan fingerprint density at radius 1 is 0.514 bits per heavy atom. The van der Waals surface area contributed by atoms with E-state index in [4.69, 9.17) is 8.22 Å². The van der Waals surface area contributed by atoms with Gasteiger partial charge in [0, 0.05) is 30.4 Å². The maximum Gasteiger partial charge on any atom is 0.0387 e. The number of nitrogens with one attached hydrogen (secondary N) is 1. The Morgan fingerprint density at radius 3 is 1.77 bits per heavy atom. The Morgan fingerprint density at radius 2 is 1.06 bits per heavy atom. The fourth-order valence-electron chi connectivity index (χ4n) is 6.02. The summed E-state index contributed by atoms with van der Waals surface area (Å²) in [7, 11) is 0. The fraction of sp³-hybridized carbons (Fsp3) is 0.176. The van der Waals surface area contributed by atoms with Crippen LogP contribution < -0.4 is 5.32 Å². The lowest BCUT2D eigenvalue weighted by atomic mass is 9.81. The summed E-state index contributed by atoms with van der Waals surface area (Å²) in [5.74, 6) is 0. The third-order valence-corrected chi connectivity index (χ3v) is 7.88. The molecule has 0 amide bonds. The molecule has 0 aliphatic heterocycles. The van der Waals surface area contributed by atoms with E-state index in [0.717, 1.165) is 5.69 Å². The predicted octanol–water partition coefficient (Wildman–Crippen LogP) is 9.20. The molecule has 2 aliphatic rings. The van der Waals surface area contributed by atoms with Crippen LogP contribution in [-0.2, 0) is 10.8 Å². The lowest BCUT2D eigenvalue weighted by Gasteiger charge is -2.23. The summed E-state index contributed by atoms with van der Waals surface area (Å²) >= 11 is 0. The molecular formula is C34H29N. The molecule has 0 spiro atoms. The van der Waals surface area contributed by atoms with Crippen LogP contribution in [0.15, 0.2) is 97.1 Å². The summed E-state index contributed by atoms with van der Waals surface area (Å²) in [6, 6.07) is 31.7. The normalized spacial score (nSPS) is 19.1. The van der Waals surface area contributed by atoms with Gasteiger partial charge in [0.25, 0.3) is 0 Å². The van der Waals surface area contributed by atoms with Gasteiger partial charge in [-0.05, 0) is 91.7 Å². The van der Waals surface area contributed by atoms with Crippen LogP contribution in [0, 0.1) is 0 Å². The third-order valence-electron chi connectivity index (χ3n) is 7.88. The number of hydrogen-bond acceptors (Lipinski definition) is 1. The molecule has 1 nitrogen and oxygen atoms in total. The van der Waals surface area contributed by atoms with E-state index in [-0.39, 0.29) is 5.41 Å². The summed E-state index contributed by atoms with van der Waals surface area (Å²) in [6.07, 6.45) is 0. The fourth-order valence-corrected chi connectivity index (χ4v) is 6.02. The average Bonchev–Trinajstić information content (AvgIpc) is 3.34. The van der Waals surface area contributed by atoms with E-state index in [1.54, 1.807) is 18.2 Å². The van der Waals surface area contributed by atoms with Crippen molar-refractivity contribution in [1.29, 1.82) is 0 Å². The minimum absolute atomic E-state index is 0.205. The highest BCUT2D eigenvalue weighted by Crippen LogP contribution is 2.51. The van der Waals surface area contributed by atoms with Crippen molar-refractivity contribution in [3.05, 3.63) is 119 Å². The molecule has 2 aliphatic carbocycles. The smallest absolute Gasteiger partial charge is 0.0387 e. The molecule has 5 aromatic carbocycles. The molecule has 7 rings (SSSR count). The number of fused-ring (bicyclic) bond motifs is 7. The molecule has 0 heterocycles. The van der Waals surface area contributed by atoms with Crippen LogP contribution in [0.25, 0.3) is 33.0 Å². The molecular weight excluding hydrogens is 422 g/mol. The van der Waals surface area contributed by atoms with Crippen molar-refractivity contribution in [1.82, 2.24) is 0 Å². The first-order valence-electron chi connectivity index (χ1n) is 15.0. The van der Waals surface area contributed by atoms with E-state index in [1.165, 1.54) is 33.0 Å². The molecule has 0 saturated heterocycles. The zero-order chi connectivity index (χ0) is 28.9. The van der Waals surface area contributed by atoms with Crippen LogP contribution in [0.3, 0.4) is 0 Å². The van der Waals surface area contributed by atoms with Gasteiger partial charge in [0.1, 0.15) is 0 Å². The molecule has 0 atom stereocenters. The maximum absolute atomic E-state index is 8.48. The van der Waals surface area contributed by atoms with Crippen molar-refractivity contribution in [2.75, 3.05) is 5.32 Å². The van der Waals surface area contributed by atoms with Crippen molar-refractivity contribution in [2.24, 2.45) is 0 Å². The quantitative estimate of drug-likeness (QED) is 0.278. The van der Waals surface area contributed by atoms with E-state index in [1.807, 2.05) is 30.3 Å². The van der Waals surface area contributed by atoms with Gasteiger partial charge < -0.3 is 5.32 Å². The lowest BCUT2D eigenvalue weighted by Crippen LogP contribution is -2.15. The van der Waals surface area contributed by atoms with Gasteiger partial charge >= 0.3 is 0 Å². The van der Waals surface area contributed by atoms with E-state index in [0.29, 0.717) is 27.9 Å². The Bertz CT molecular complexity index is 1870. The van der Waals surface area contributed by atoms with Crippen LogP contribution in [0.1, 0.15) is 58.0 Å². The van der Waals surface area contributed by atoms with Crippen molar-refractivity contribution in [3.8, 4) is 22.3 Å². The molecule has 0 unspecified atom stereocenters. The van der Waals surface area contributed by atoms with Crippen LogP contribution in [0.4, 0.5) is 11.4 Å². The Balaban J connectivity index is 1.33. The maximum atomic E-state index is 8.48. The monoisotopic (exact) mass is 457 g/mol. The second kappa shape index (κ2) is 6.86. The second-order valence-electron chi connectivity index (χ2n) is 10.3. The van der Waals surface area contributed by atoms with Crippen molar-refractivity contribution >= 4 is 22.1 Å². The highest BCUT2D eigenvalue weighted by molar-refractivity contribution is 5.94. The number of hydrogen-bond donors (Lipinski definition) is 1. The Kier molecular flexibility index (Phi) is 2.98. The SMILES string of the molecule is [2H]C([2H])([2H])C1(C([2H])([2H])[2H])c2ccccc2-c2ccc(Nc3ccc4c(c3)C(C)(C)c3cc5ccccc5cc3-4)cc21. The van der Waals surface area contributed by atoms with E-state index in [2.05, 4.69) is 67.7 Å². The van der Waals surface area contributed by atoms with Gasteiger partial charge in [-0.1, -0.05) is 88.2 Å². The molecule has 0 aromatic heterocycles. The van der Waals surface area contributed by atoms with Crippen molar-refractivity contribution in [2.45, 2.75) is 38.4 Å². The van der Waals surface area contributed by atoms with Gasteiger partial charge in [0.05, 0.1) is 0 Å². The molecule has 0 saturated carbocycles. The second-order valence-corrected chi connectivity index (χ2v) is 10.3. The molecule has 170 valence electrons. The van der Waals surface area contributed by atoms with Crippen molar-refractivity contribution in [3.63, 3.8) is 0 Å². The molecule has 0 radical (unpaired) electrons. The summed E-state index contributed by atoms with van der Waals surface area (Å²) in [4.78, 5) is 0. The Labute approximate surface area is 215 Å². The zero-order valence-electron chi connectivity index (χ0n) is 25.7. The number of benzene rings is 5. The van der Waals surface area contributed by atoms with E-state index < -0.39 is 19.1 Å². The molecule has 35 heavy (non-hydrogen) atoms. The van der Waals surface area contributed by atoms with Crippen LogP contribution in [0.2, 0.25) is 0 Å². The lowest BCUT2D eigenvalue weighted by molar-refractivity contribution is 0.660. The number of anilines is 2. The molecule has 0 fully saturated rings. The largest absolute Gasteiger partial charge is 0.356 e. The Hall–Kier alpha value is -3.84. The van der Waals surface area contributed by atoms with Crippen LogP contribution >= 0.6 is 0 Å². The first kappa shape index (κ1) is 15.2. The van der Waals surface area contributed by atoms with E-state index in [9.17, 15) is 0 Å². The van der Waals surface area contributed by atoms with Gasteiger partial charge in [-0.3, -0.25) is 0 Å². The van der Waals surface area contributed by atoms with Gasteiger partial charge in [-0.25, -0.2) is 0 Å². The standard InChI is InChI=1S/C34H29N/c1-33(2)29-12-8-7-11-25(29)26-15-13-23(19-31(26)33)35-24-14-16-27-28-17-21-9-5-6-10-22(21)18-30(28)34(3,4)32(27)20-24/h5-20,35H,1-4H3/i1D3,2D3. The van der Waals surface area contributed by atoms with Gasteiger partial charge in [-0.2, -0.15) is 0 Å². The summed E-state index contributed by atoms with van der Waals surface area (Å²) < 4.78 is 50.9. The van der Waals surface area contributed by atoms with E-state index >= 15 is 0 Å². The van der Waals surface area contributed by atoms with Gasteiger partial charge in [-0.15, -0.1) is 0 Å². The first-order chi connectivity index (χ1) is 19.3. The van der Waals surface area contributed by atoms with Crippen molar-refractivity contribution < 1.29 is 8.22 Å². The molecule has 5 aromatic rings. The molecule has 1 N–H and O–H groups in total. The highest BCUT2D eigenvalue weighted by atomic mass is 14.9. The first-order valence-corrected chi connectivity index (χ1v) is 12.0. The van der Waals surface area contributed by atoms with Crippen LogP contribution in [0.5, 0.6) is 0 Å². The summed E-state index contributed by atoms with van der Waals surface area (Å²) in [5, 5.41) is 5.89.